The molecule has 2 unspecified atom stereocenters. The van der Waals surface area contributed by atoms with Crippen molar-refractivity contribution in [3.8, 4) is 5.75 Å². The molecule has 2 atom stereocenters. The maximum absolute atomic E-state index is 12.5. The third-order valence-corrected chi connectivity index (χ3v) is 5.00. The van der Waals surface area contributed by atoms with Gasteiger partial charge in [-0.05, 0) is 31.4 Å². The van der Waals surface area contributed by atoms with E-state index in [1.54, 1.807) is 12.0 Å². The third kappa shape index (κ3) is 3.97. The number of para-hydroxylation sites is 2. The number of nitrogens with one attached hydrogen (secondary N) is 1. The van der Waals surface area contributed by atoms with Crippen molar-refractivity contribution in [2.75, 3.05) is 38.2 Å². The molecule has 1 aromatic carbocycles. The molecule has 2 amide bonds. The van der Waals surface area contributed by atoms with Crippen LogP contribution in [0.4, 0.5) is 10.5 Å². The van der Waals surface area contributed by atoms with Crippen LogP contribution in [0.2, 0.25) is 0 Å². The van der Waals surface area contributed by atoms with Gasteiger partial charge < -0.3 is 25.0 Å². The van der Waals surface area contributed by atoms with Crippen LogP contribution in [0.15, 0.2) is 24.3 Å². The number of aliphatic carboxylic acids is 1. The van der Waals surface area contributed by atoms with E-state index < -0.39 is 11.9 Å². The summed E-state index contributed by atoms with van der Waals surface area (Å²) in [4.78, 5) is 27.5. The maximum atomic E-state index is 12.5. The van der Waals surface area contributed by atoms with Crippen molar-refractivity contribution in [2.24, 2.45) is 5.92 Å². The first-order valence-corrected chi connectivity index (χ1v) is 8.74. The number of hydrogen-bond acceptors (Lipinski definition) is 4. The standard InChI is InChI=1S/C18H25N3O4/c1-25-16-7-3-2-6-15(16)20-10-8-14(12-20)19-18(24)21-9-4-5-13(11-21)17(22)23/h2-3,6-7,13-14H,4-5,8-12H2,1H3,(H,19,24)(H,22,23). The van der Waals surface area contributed by atoms with Gasteiger partial charge in [-0.15, -0.1) is 0 Å². The Morgan fingerprint density at radius 3 is 2.76 bits per heavy atom. The van der Waals surface area contributed by atoms with Gasteiger partial charge in [-0.3, -0.25) is 4.79 Å². The number of urea groups is 1. The fourth-order valence-electron chi connectivity index (χ4n) is 3.62. The molecule has 0 aliphatic carbocycles. The van der Waals surface area contributed by atoms with Crippen molar-refractivity contribution < 1.29 is 19.4 Å². The topological polar surface area (TPSA) is 82.1 Å². The molecule has 1 aromatic rings. The first-order valence-electron chi connectivity index (χ1n) is 8.74. The molecule has 0 radical (unpaired) electrons. The molecule has 0 bridgehead atoms. The monoisotopic (exact) mass is 347 g/mol. The van der Waals surface area contributed by atoms with Crippen molar-refractivity contribution in [3.05, 3.63) is 24.3 Å². The van der Waals surface area contributed by atoms with Crippen molar-refractivity contribution in [1.82, 2.24) is 10.2 Å². The zero-order valence-corrected chi connectivity index (χ0v) is 14.5. The second-order valence-electron chi connectivity index (χ2n) is 6.68. The zero-order chi connectivity index (χ0) is 17.8. The lowest BCUT2D eigenvalue weighted by molar-refractivity contribution is -0.143. The molecule has 25 heavy (non-hydrogen) atoms. The number of likely N-dealkylation sites (tertiary alicyclic amines) is 1. The van der Waals surface area contributed by atoms with Crippen LogP contribution >= 0.6 is 0 Å². The van der Waals surface area contributed by atoms with Crippen LogP contribution in [0.25, 0.3) is 0 Å². The number of rotatable bonds is 4. The minimum atomic E-state index is -0.819. The van der Waals surface area contributed by atoms with Crippen LogP contribution in [0.3, 0.4) is 0 Å². The van der Waals surface area contributed by atoms with Crippen molar-refractivity contribution in [2.45, 2.75) is 25.3 Å². The summed E-state index contributed by atoms with van der Waals surface area (Å²) in [5, 5.41) is 12.2. The number of ether oxygens (including phenoxy) is 1. The largest absolute Gasteiger partial charge is 0.495 e. The molecule has 2 aliphatic rings. The molecule has 3 rings (SSSR count). The summed E-state index contributed by atoms with van der Waals surface area (Å²) in [5.74, 6) is -0.441. The van der Waals surface area contributed by atoms with E-state index in [9.17, 15) is 9.59 Å². The molecule has 136 valence electrons. The molecule has 2 aliphatic heterocycles. The summed E-state index contributed by atoms with van der Waals surface area (Å²) in [7, 11) is 1.66. The highest BCUT2D eigenvalue weighted by Gasteiger charge is 2.31. The number of methoxy groups -OCH3 is 1. The average molecular weight is 347 g/mol. The number of carboxylic acid groups (broad SMARTS) is 1. The van der Waals surface area contributed by atoms with Crippen LogP contribution in [-0.2, 0) is 4.79 Å². The van der Waals surface area contributed by atoms with E-state index in [0.717, 1.165) is 37.4 Å². The van der Waals surface area contributed by atoms with Crippen LogP contribution in [0, 0.1) is 5.92 Å². The van der Waals surface area contributed by atoms with E-state index in [1.807, 2.05) is 24.3 Å². The van der Waals surface area contributed by atoms with Gasteiger partial charge in [-0.25, -0.2) is 4.79 Å². The number of benzene rings is 1. The smallest absolute Gasteiger partial charge is 0.317 e. The van der Waals surface area contributed by atoms with Crippen LogP contribution in [-0.4, -0.2) is 61.3 Å². The maximum Gasteiger partial charge on any atom is 0.317 e. The molecule has 2 fully saturated rings. The fourth-order valence-corrected chi connectivity index (χ4v) is 3.62. The van der Waals surface area contributed by atoms with E-state index >= 15 is 0 Å². The Kier molecular flexibility index (Phi) is 5.31. The van der Waals surface area contributed by atoms with Gasteiger partial charge in [0.25, 0.3) is 0 Å². The van der Waals surface area contributed by atoms with E-state index in [2.05, 4.69) is 10.2 Å². The Morgan fingerprint density at radius 1 is 1.20 bits per heavy atom. The van der Waals surface area contributed by atoms with Crippen LogP contribution in [0.5, 0.6) is 5.75 Å². The van der Waals surface area contributed by atoms with Crippen molar-refractivity contribution >= 4 is 17.7 Å². The lowest BCUT2D eigenvalue weighted by atomic mass is 9.99. The van der Waals surface area contributed by atoms with Crippen LogP contribution in [0.1, 0.15) is 19.3 Å². The Morgan fingerprint density at radius 2 is 2.00 bits per heavy atom. The Labute approximate surface area is 147 Å². The normalized spacial score (nSPS) is 23.4. The molecule has 0 saturated carbocycles. The van der Waals surface area contributed by atoms with E-state index in [-0.39, 0.29) is 12.1 Å². The Hall–Kier alpha value is -2.44. The molecule has 7 heteroatoms. The molecule has 2 saturated heterocycles. The first-order chi connectivity index (χ1) is 12.1. The number of carbonyl (C=O) groups excluding carboxylic acids is 1. The second kappa shape index (κ2) is 7.63. The number of hydrogen-bond donors (Lipinski definition) is 2. The summed E-state index contributed by atoms with van der Waals surface area (Å²) >= 11 is 0. The van der Waals surface area contributed by atoms with Gasteiger partial charge in [0.05, 0.1) is 18.7 Å². The molecule has 0 spiro atoms. The highest BCUT2D eigenvalue weighted by molar-refractivity contribution is 5.77. The molecule has 2 heterocycles. The van der Waals surface area contributed by atoms with Gasteiger partial charge in [0.2, 0.25) is 0 Å². The Balaban J connectivity index is 1.56. The second-order valence-corrected chi connectivity index (χ2v) is 6.68. The summed E-state index contributed by atoms with van der Waals surface area (Å²) < 4.78 is 5.41. The van der Waals surface area contributed by atoms with Gasteiger partial charge in [0.1, 0.15) is 5.75 Å². The number of amides is 2. The lowest BCUT2D eigenvalue weighted by Gasteiger charge is -2.31. The predicted molar refractivity (Wildman–Crippen MR) is 94.1 cm³/mol. The van der Waals surface area contributed by atoms with Gasteiger partial charge in [0, 0.05) is 32.2 Å². The van der Waals surface area contributed by atoms with Gasteiger partial charge in [-0.1, -0.05) is 12.1 Å². The summed E-state index contributed by atoms with van der Waals surface area (Å²) in [6.07, 6.45) is 2.24. The first kappa shape index (κ1) is 17.4. The summed E-state index contributed by atoms with van der Waals surface area (Å²) in [6, 6.07) is 7.77. The van der Waals surface area contributed by atoms with E-state index in [1.165, 1.54) is 0 Å². The highest BCUT2D eigenvalue weighted by Crippen LogP contribution is 2.30. The minimum absolute atomic E-state index is 0.0580. The molecule has 0 aromatic heterocycles. The van der Waals surface area contributed by atoms with Crippen molar-refractivity contribution in [3.63, 3.8) is 0 Å². The lowest BCUT2D eigenvalue weighted by Crippen LogP contribution is -2.50. The number of carbonyl (C=O) groups is 2. The van der Waals surface area contributed by atoms with Gasteiger partial charge >= 0.3 is 12.0 Å². The summed E-state index contributed by atoms with van der Waals surface area (Å²) in [6.45, 7) is 2.49. The molecule has 7 nitrogen and oxygen atoms in total. The molecular formula is C18H25N3O4. The zero-order valence-electron chi connectivity index (χ0n) is 14.5. The number of anilines is 1. The average Bonchev–Trinajstić information content (AvgIpc) is 3.10. The van der Waals surface area contributed by atoms with E-state index in [0.29, 0.717) is 19.5 Å². The van der Waals surface area contributed by atoms with E-state index in [4.69, 9.17) is 9.84 Å². The van der Waals surface area contributed by atoms with Gasteiger partial charge in [0.15, 0.2) is 0 Å². The third-order valence-electron chi connectivity index (χ3n) is 5.00. The molecular weight excluding hydrogens is 322 g/mol. The molecule has 2 N–H and O–H groups in total. The van der Waals surface area contributed by atoms with Crippen LogP contribution < -0.4 is 15.0 Å². The predicted octanol–water partition coefficient (Wildman–Crippen LogP) is 1.78. The summed E-state index contributed by atoms with van der Waals surface area (Å²) in [5.41, 5.74) is 1.03. The fraction of sp³-hybridized carbons (Fsp3) is 0.556. The number of carboxylic acids is 1. The highest BCUT2D eigenvalue weighted by atomic mass is 16.5. The quantitative estimate of drug-likeness (QED) is 0.868. The van der Waals surface area contributed by atoms with Crippen molar-refractivity contribution in [1.29, 1.82) is 0 Å². The Bertz CT molecular complexity index is 637. The minimum Gasteiger partial charge on any atom is -0.495 e. The number of nitrogens with zero attached hydrogens (tertiary/aromatic N) is 2. The van der Waals surface area contributed by atoms with Gasteiger partial charge in [-0.2, -0.15) is 0 Å². The SMILES string of the molecule is COc1ccccc1N1CCC(NC(=O)N2CCCC(C(=O)O)C2)C1. The number of piperidine rings is 1.